The molecule has 1 aromatic heterocycles. The Morgan fingerprint density at radius 3 is 2.74 bits per heavy atom. The first kappa shape index (κ1) is 19.4. The van der Waals surface area contributed by atoms with Crippen LogP contribution in [0.4, 0.5) is 0 Å². The van der Waals surface area contributed by atoms with Crippen LogP contribution in [0, 0.1) is 12.8 Å². The van der Waals surface area contributed by atoms with Crippen LogP contribution in [0.1, 0.15) is 25.0 Å². The summed E-state index contributed by atoms with van der Waals surface area (Å²) in [6.45, 7) is 5.75. The van der Waals surface area contributed by atoms with Crippen molar-refractivity contribution in [3.05, 3.63) is 40.5 Å². The summed E-state index contributed by atoms with van der Waals surface area (Å²) in [7, 11) is 0. The maximum absolute atomic E-state index is 11.7. The van der Waals surface area contributed by atoms with E-state index in [1.807, 2.05) is 45.0 Å². The monoisotopic (exact) mass is 354 g/mol. The molecule has 1 aromatic carbocycles. The van der Waals surface area contributed by atoms with Gasteiger partial charge >= 0.3 is 0 Å². The molecule has 7 heteroatoms. The molecule has 2 aromatic rings. The van der Waals surface area contributed by atoms with Crippen molar-refractivity contribution in [1.82, 2.24) is 10.4 Å². The van der Waals surface area contributed by atoms with E-state index in [9.17, 15) is 4.79 Å². The summed E-state index contributed by atoms with van der Waals surface area (Å²) in [6.07, 6.45) is 1.47. The van der Waals surface area contributed by atoms with Crippen molar-refractivity contribution in [2.24, 2.45) is 16.8 Å². The fourth-order valence-corrected chi connectivity index (χ4v) is 2.10. The second-order valence-corrected chi connectivity index (χ2v) is 5.93. The molecule has 0 aliphatic carbocycles. The zero-order chi connectivity index (χ0) is 16.3. The quantitative estimate of drug-likeness (QED) is 0.503. The molecule has 0 aliphatic rings. The summed E-state index contributed by atoms with van der Waals surface area (Å²) in [5, 5.41) is 5.20. The summed E-state index contributed by atoms with van der Waals surface area (Å²) in [6, 6.07) is 7.22. The van der Waals surface area contributed by atoms with Crippen LogP contribution < -0.4 is 11.2 Å². The van der Waals surface area contributed by atoms with Gasteiger partial charge in [0.2, 0.25) is 0 Å². The number of amides is 1. The molecule has 0 unspecified atom stereocenters. The smallest absolute Gasteiger partial charge is 0.257 e. The molecule has 3 N–H and O–H groups in total. The van der Waals surface area contributed by atoms with Gasteiger partial charge in [0, 0.05) is 10.9 Å². The van der Waals surface area contributed by atoms with E-state index in [1.165, 1.54) is 6.21 Å². The van der Waals surface area contributed by atoms with Crippen molar-refractivity contribution in [3.63, 3.8) is 0 Å². The molecule has 1 amide bonds. The number of fused-ring (bicyclic) bond motifs is 1. The fraction of sp³-hybridized carbons (Fsp3) is 0.312. The van der Waals surface area contributed by atoms with Crippen molar-refractivity contribution in [2.45, 2.75) is 26.8 Å². The van der Waals surface area contributed by atoms with Gasteiger partial charge in [-0.05, 0) is 30.5 Å². The van der Waals surface area contributed by atoms with E-state index in [0.717, 1.165) is 16.5 Å². The minimum absolute atomic E-state index is 0. The van der Waals surface area contributed by atoms with E-state index >= 15 is 0 Å². The van der Waals surface area contributed by atoms with Gasteiger partial charge < -0.3 is 5.73 Å². The Morgan fingerprint density at radius 2 is 2.09 bits per heavy atom. The van der Waals surface area contributed by atoms with Crippen LogP contribution in [-0.2, 0) is 4.79 Å². The van der Waals surface area contributed by atoms with E-state index < -0.39 is 6.04 Å². The third-order valence-corrected chi connectivity index (χ3v) is 3.66. The third-order valence-electron chi connectivity index (χ3n) is 3.35. The molecule has 124 valence electrons. The highest BCUT2D eigenvalue weighted by molar-refractivity contribution is 6.32. The van der Waals surface area contributed by atoms with Crippen molar-refractivity contribution < 1.29 is 4.79 Å². The molecular formula is C16H20Cl2N4O. The topological polar surface area (TPSA) is 80.4 Å². The highest BCUT2D eigenvalue weighted by Crippen LogP contribution is 2.20. The van der Waals surface area contributed by atoms with Crippen molar-refractivity contribution >= 4 is 47.0 Å². The van der Waals surface area contributed by atoms with Gasteiger partial charge in [-0.15, -0.1) is 12.4 Å². The lowest BCUT2D eigenvalue weighted by Crippen LogP contribution is -2.42. The molecule has 1 atom stereocenters. The Labute approximate surface area is 146 Å². The number of hydrogen-bond acceptors (Lipinski definition) is 4. The number of carbonyl (C=O) groups excluding carboxylic acids is 1. The summed E-state index contributed by atoms with van der Waals surface area (Å²) in [5.41, 5.74) is 10.7. The molecule has 0 fully saturated rings. The predicted octanol–water partition coefficient (Wildman–Crippen LogP) is 3.05. The summed E-state index contributed by atoms with van der Waals surface area (Å²) in [4.78, 5) is 16.0. The van der Waals surface area contributed by atoms with Gasteiger partial charge in [0.15, 0.2) is 0 Å². The van der Waals surface area contributed by atoms with Crippen LogP contribution in [0.25, 0.3) is 10.9 Å². The van der Waals surface area contributed by atoms with Crippen LogP contribution in [0.5, 0.6) is 0 Å². The van der Waals surface area contributed by atoms with Crippen LogP contribution in [0.2, 0.25) is 5.15 Å². The third kappa shape index (κ3) is 4.89. The SMILES string of the molecule is Cc1ccc2cc(/C=N/NC(=O)[C@H](N)C(C)C)c(Cl)nc2c1.Cl. The van der Waals surface area contributed by atoms with Gasteiger partial charge in [-0.25, -0.2) is 10.4 Å². The average Bonchev–Trinajstić information content (AvgIpc) is 2.46. The van der Waals surface area contributed by atoms with Crippen LogP contribution >= 0.6 is 24.0 Å². The summed E-state index contributed by atoms with van der Waals surface area (Å²) in [5.74, 6) is -0.281. The lowest BCUT2D eigenvalue weighted by Gasteiger charge is -2.12. The number of nitrogens with one attached hydrogen (secondary N) is 1. The van der Waals surface area contributed by atoms with Gasteiger partial charge in [0.05, 0.1) is 17.8 Å². The number of carbonyl (C=O) groups is 1. The number of pyridine rings is 1. The molecule has 0 bridgehead atoms. The Bertz CT molecular complexity index is 731. The van der Waals surface area contributed by atoms with E-state index in [-0.39, 0.29) is 24.2 Å². The van der Waals surface area contributed by atoms with Crippen LogP contribution in [0.3, 0.4) is 0 Å². The molecule has 0 saturated carbocycles. The molecular weight excluding hydrogens is 335 g/mol. The second-order valence-electron chi connectivity index (χ2n) is 5.57. The van der Waals surface area contributed by atoms with Gasteiger partial charge in [-0.3, -0.25) is 4.79 Å². The van der Waals surface area contributed by atoms with Gasteiger partial charge in [-0.2, -0.15) is 5.10 Å². The Hall–Kier alpha value is -1.69. The second kappa shape index (κ2) is 8.24. The molecule has 2 rings (SSSR count). The van der Waals surface area contributed by atoms with Crippen molar-refractivity contribution in [3.8, 4) is 0 Å². The Kier molecular flexibility index (Phi) is 6.94. The summed E-state index contributed by atoms with van der Waals surface area (Å²) < 4.78 is 0. The van der Waals surface area contributed by atoms with Gasteiger partial charge in [0.25, 0.3) is 5.91 Å². The van der Waals surface area contributed by atoms with Crippen LogP contribution in [0.15, 0.2) is 29.4 Å². The lowest BCUT2D eigenvalue weighted by atomic mass is 10.1. The standard InChI is InChI=1S/C16H19ClN4O.ClH/c1-9(2)14(18)16(22)21-19-8-12-7-11-5-4-10(3)6-13(11)20-15(12)17;/h4-9,14H,18H2,1-3H3,(H,21,22);1H/b19-8+;/t14-;/m1./s1. The minimum Gasteiger partial charge on any atom is -0.320 e. The van der Waals surface area contributed by atoms with E-state index in [2.05, 4.69) is 15.5 Å². The molecule has 1 heterocycles. The highest BCUT2D eigenvalue weighted by Gasteiger charge is 2.16. The number of nitrogens with two attached hydrogens (primary N) is 1. The number of aromatic nitrogens is 1. The van der Waals surface area contributed by atoms with E-state index in [0.29, 0.717) is 10.7 Å². The number of halogens is 2. The predicted molar refractivity (Wildman–Crippen MR) is 97.3 cm³/mol. The number of aryl methyl sites for hydroxylation is 1. The van der Waals surface area contributed by atoms with Gasteiger partial charge in [-0.1, -0.05) is 37.6 Å². The molecule has 0 spiro atoms. The first-order valence-corrected chi connectivity index (χ1v) is 7.41. The first-order valence-electron chi connectivity index (χ1n) is 7.04. The maximum Gasteiger partial charge on any atom is 0.257 e. The Morgan fingerprint density at radius 1 is 1.39 bits per heavy atom. The molecule has 0 saturated heterocycles. The maximum atomic E-state index is 11.7. The Balaban J connectivity index is 0.00000264. The minimum atomic E-state index is -0.592. The number of benzene rings is 1. The number of rotatable bonds is 4. The molecule has 0 aliphatic heterocycles. The summed E-state index contributed by atoms with van der Waals surface area (Å²) >= 11 is 6.14. The molecule has 0 radical (unpaired) electrons. The highest BCUT2D eigenvalue weighted by atomic mass is 35.5. The normalized spacial score (nSPS) is 12.4. The lowest BCUT2D eigenvalue weighted by molar-refractivity contribution is -0.123. The largest absolute Gasteiger partial charge is 0.320 e. The van der Waals surface area contributed by atoms with Crippen LogP contribution in [-0.4, -0.2) is 23.1 Å². The number of hydrogen-bond donors (Lipinski definition) is 2. The zero-order valence-electron chi connectivity index (χ0n) is 13.2. The van der Waals surface area contributed by atoms with E-state index in [1.54, 1.807) is 0 Å². The average molecular weight is 355 g/mol. The van der Waals surface area contributed by atoms with E-state index in [4.69, 9.17) is 17.3 Å². The fourth-order valence-electron chi connectivity index (χ4n) is 1.90. The van der Waals surface area contributed by atoms with Crippen molar-refractivity contribution in [1.29, 1.82) is 0 Å². The number of nitrogens with zero attached hydrogens (tertiary/aromatic N) is 2. The molecule has 23 heavy (non-hydrogen) atoms. The van der Waals surface area contributed by atoms with Gasteiger partial charge in [0.1, 0.15) is 5.15 Å². The number of hydrazone groups is 1. The zero-order valence-corrected chi connectivity index (χ0v) is 14.8. The first-order chi connectivity index (χ1) is 10.4. The molecule has 5 nitrogen and oxygen atoms in total. The van der Waals surface area contributed by atoms with Crippen molar-refractivity contribution in [2.75, 3.05) is 0 Å².